The molecular weight excluding hydrogens is 505 g/mol. The summed E-state index contributed by atoms with van der Waals surface area (Å²) in [6.07, 6.45) is 8.81. The zero-order chi connectivity index (χ0) is 27.1. The number of hydrogen-bond donors (Lipinski definition) is 3. The second-order valence-electron chi connectivity index (χ2n) is 9.63. The number of aromatic nitrogens is 8. The molecule has 2 aromatic carbocycles. The summed E-state index contributed by atoms with van der Waals surface area (Å²) in [6.45, 7) is 3.27. The smallest absolute Gasteiger partial charge is 0.180 e. The molecule has 0 radical (unpaired) electrons. The number of benzene rings is 2. The molecule has 0 atom stereocenters. The van der Waals surface area contributed by atoms with Crippen molar-refractivity contribution in [2.75, 3.05) is 0 Å². The zero-order valence-electron chi connectivity index (χ0n) is 21.6. The lowest BCUT2D eigenvalue weighted by Crippen LogP contribution is -2.12. The molecule has 0 aliphatic heterocycles. The molecule has 0 fully saturated rings. The number of hydrogen-bond acceptors (Lipinski definition) is 6. The Morgan fingerprint density at radius 3 is 2.70 bits per heavy atom. The molecule has 9 nitrogen and oxygen atoms in total. The van der Waals surface area contributed by atoms with Gasteiger partial charge in [0, 0.05) is 49.0 Å². The van der Waals surface area contributed by atoms with E-state index in [-0.39, 0.29) is 0 Å². The predicted octanol–water partition coefficient (Wildman–Crippen LogP) is 5.49. The van der Waals surface area contributed by atoms with Gasteiger partial charge in [-0.1, -0.05) is 30.3 Å². The molecule has 10 heteroatoms. The Hall–Kier alpha value is -5.22. The largest absolute Gasteiger partial charge is 0.333 e. The van der Waals surface area contributed by atoms with Crippen LogP contribution in [0.2, 0.25) is 0 Å². The average molecular weight is 530 g/mol. The van der Waals surface area contributed by atoms with Crippen LogP contribution >= 0.6 is 0 Å². The number of halogens is 1. The van der Waals surface area contributed by atoms with E-state index in [2.05, 4.69) is 52.6 Å². The van der Waals surface area contributed by atoms with Crippen LogP contribution in [-0.2, 0) is 13.1 Å². The summed E-state index contributed by atoms with van der Waals surface area (Å²) in [6, 6.07) is 17.6. The fourth-order valence-corrected chi connectivity index (χ4v) is 4.92. The monoisotopic (exact) mass is 529 g/mol. The SMILES string of the molecule is Cc1cn(-c2ccnc3nc(-c4n[nH]c5ccc(-c6cncc(CNCc7ccccc7)c6)c(F)c45)[nH]c23)cn1. The van der Waals surface area contributed by atoms with Gasteiger partial charge in [0.1, 0.15) is 17.0 Å². The lowest BCUT2D eigenvalue weighted by atomic mass is 10.0. The van der Waals surface area contributed by atoms with E-state index < -0.39 is 5.82 Å². The van der Waals surface area contributed by atoms with E-state index in [4.69, 9.17) is 0 Å². The van der Waals surface area contributed by atoms with E-state index in [1.165, 1.54) is 5.56 Å². The van der Waals surface area contributed by atoms with Crippen LogP contribution in [0.15, 0.2) is 85.7 Å². The summed E-state index contributed by atoms with van der Waals surface area (Å²) in [7, 11) is 0. The van der Waals surface area contributed by atoms with Gasteiger partial charge in [-0.15, -0.1) is 0 Å². The molecular formula is C30H24FN9. The third-order valence-corrected chi connectivity index (χ3v) is 6.86. The lowest BCUT2D eigenvalue weighted by Gasteiger charge is -2.09. The molecule has 7 aromatic rings. The van der Waals surface area contributed by atoms with Crippen LogP contribution in [0.3, 0.4) is 0 Å². The van der Waals surface area contributed by atoms with Crippen molar-refractivity contribution >= 4 is 22.1 Å². The summed E-state index contributed by atoms with van der Waals surface area (Å²) in [5.41, 5.74) is 7.20. The van der Waals surface area contributed by atoms with Crippen LogP contribution in [0.1, 0.15) is 16.8 Å². The number of rotatable bonds is 7. The molecule has 0 amide bonds. The standard InChI is InChI=1S/C30H24FN9/c1-18-16-40(17-35-18)24-9-10-34-29-27(24)36-30(37-29)28-25-23(38-39-28)8-7-22(26(25)31)21-11-20(14-33-15-21)13-32-12-19-5-3-2-4-6-19/h2-11,14-17,32H,12-13H2,1H3,(H,38,39)(H,34,36,37). The summed E-state index contributed by atoms with van der Waals surface area (Å²) in [5.74, 6) is 0.0300. The van der Waals surface area contributed by atoms with Crippen LogP contribution in [0.5, 0.6) is 0 Å². The molecule has 0 bridgehead atoms. The molecule has 40 heavy (non-hydrogen) atoms. The molecule has 0 aliphatic rings. The highest BCUT2D eigenvalue weighted by Gasteiger charge is 2.21. The maximum atomic E-state index is 16.2. The number of aryl methyl sites for hydroxylation is 1. The number of fused-ring (bicyclic) bond motifs is 2. The molecule has 0 saturated carbocycles. The van der Waals surface area contributed by atoms with Gasteiger partial charge in [0.25, 0.3) is 0 Å². The first-order chi connectivity index (χ1) is 19.6. The summed E-state index contributed by atoms with van der Waals surface area (Å²) in [5, 5.41) is 11.1. The Morgan fingerprint density at radius 2 is 1.85 bits per heavy atom. The van der Waals surface area contributed by atoms with Gasteiger partial charge in [0.2, 0.25) is 0 Å². The minimum Gasteiger partial charge on any atom is -0.333 e. The Morgan fingerprint density at radius 1 is 0.975 bits per heavy atom. The zero-order valence-corrected chi connectivity index (χ0v) is 21.6. The fraction of sp³-hybridized carbons (Fsp3) is 0.100. The highest BCUT2D eigenvalue weighted by atomic mass is 19.1. The van der Waals surface area contributed by atoms with Crippen molar-refractivity contribution in [1.29, 1.82) is 0 Å². The minimum absolute atomic E-state index is 0.351. The van der Waals surface area contributed by atoms with Crippen molar-refractivity contribution in [3.8, 4) is 28.3 Å². The van der Waals surface area contributed by atoms with Gasteiger partial charge in [-0.3, -0.25) is 10.1 Å². The Labute approximate surface area is 228 Å². The molecule has 0 spiro atoms. The van der Waals surface area contributed by atoms with Gasteiger partial charge in [-0.25, -0.2) is 19.3 Å². The summed E-state index contributed by atoms with van der Waals surface area (Å²) >= 11 is 0. The molecule has 0 saturated heterocycles. The van der Waals surface area contributed by atoms with Gasteiger partial charge in [-0.2, -0.15) is 5.10 Å². The van der Waals surface area contributed by atoms with Gasteiger partial charge >= 0.3 is 0 Å². The van der Waals surface area contributed by atoms with E-state index in [1.54, 1.807) is 31.0 Å². The van der Waals surface area contributed by atoms with Crippen LogP contribution in [-0.4, -0.2) is 39.7 Å². The van der Waals surface area contributed by atoms with E-state index in [0.717, 1.165) is 23.5 Å². The predicted molar refractivity (Wildman–Crippen MR) is 151 cm³/mol. The second kappa shape index (κ2) is 9.83. The van der Waals surface area contributed by atoms with E-state index in [9.17, 15) is 0 Å². The number of H-pyrrole nitrogens is 2. The molecule has 0 unspecified atom stereocenters. The fourth-order valence-electron chi connectivity index (χ4n) is 4.92. The number of nitrogens with zero attached hydrogens (tertiary/aromatic N) is 6. The molecule has 5 heterocycles. The van der Waals surface area contributed by atoms with Crippen LogP contribution in [0.25, 0.3) is 50.4 Å². The van der Waals surface area contributed by atoms with Crippen molar-refractivity contribution in [3.05, 3.63) is 108 Å². The maximum absolute atomic E-state index is 16.2. The van der Waals surface area contributed by atoms with Crippen LogP contribution in [0, 0.1) is 12.7 Å². The highest BCUT2D eigenvalue weighted by Crippen LogP contribution is 2.34. The normalized spacial score (nSPS) is 11.6. The van der Waals surface area contributed by atoms with Gasteiger partial charge in [0.15, 0.2) is 11.5 Å². The molecule has 3 N–H and O–H groups in total. The maximum Gasteiger partial charge on any atom is 0.180 e. The van der Waals surface area contributed by atoms with Gasteiger partial charge in [0.05, 0.1) is 28.6 Å². The molecule has 0 aliphatic carbocycles. The number of aromatic amines is 2. The van der Waals surface area contributed by atoms with E-state index in [1.807, 2.05) is 54.1 Å². The minimum atomic E-state index is -0.392. The van der Waals surface area contributed by atoms with Crippen LogP contribution < -0.4 is 5.32 Å². The second-order valence-corrected chi connectivity index (χ2v) is 9.63. The van der Waals surface area contributed by atoms with Crippen molar-refractivity contribution in [2.24, 2.45) is 0 Å². The first-order valence-corrected chi connectivity index (χ1v) is 12.9. The molecule has 196 valence electrons. The van der Waals surface area contributed by atoms with Crippen molar-refractivity contribution in [3.63, 3.8) is 0 Å². The summed E-state index contributed by atoms with van der Waals surface area (Å²) in [4.78, 5) is 21.1. The quantitative estimate of drug-likeness (QED) is 0.252. The first kappa shape index (κ1) is 23.9. The lowest BCUT2D eigenvalue weighted by molar-refractivity contribution is 0.643. The first-order valence-electron chi connectivity index (χ1n) is 12.9. The van der Waals surface area contributed by atoms with Crippen LogP contribution in [0.4, 0.5) is 4.39 Å². The van der Waals surface area contributed by atoms with E-state index in [0.29, 0.717) is 51.3 Å². The van der Waals surface area contributed by atoms with Crippen molar-refractivity contribution in [1.82, 2.24) is 45.0 Å². The topological polar surface area (TPSA) is 113 Å². The third-order valence-electron chi connectivity index (χ3n) is 6.86. The highest BCUT2D eigenvalue weighted by molar-refractivity contribution is 5.96. The molecule has 7 rings (SSSR count). The van der Waals surface area contributed by atoms with E-state index >= 15 is 4.39 Å². The van der Waals surface area contributed by atoms with Gasteiger partial charge < -0.3 is 14.9 Å². The summed E-state index contributed by atoms with van der Waals surface area (Å²) < 4.78 is 18.1. The van der Waals surface area contributed by atoms with Crippen molar-refractivity contribution in [2.45, 2.75) is 20.0 Å². The number of nitrogens with one attached hydrogen (secondary N) is 3. The third kappa shape index (κ3) is 4.30. The molecule has 5 aromatic heterocycles. The van der Waals surface area contributed by atoms with Crippen molar-refractivity contribution < 1.29 is 4.39 Å². The Balaban J connectivity index is 1.23. The number of pyridine rings is 2. The Bertz CT molecular complexity index is 1970. The van der Waals surface area contributed by atoms with Gasteiger partial charge in [-0.05, 0) is 42.3 Å². The average Bonchev–Trinajstić information content (AvgIpc) is 3.72. The number of imidazole rings is 2. The Kier molecular flexibility index (Phi) is 5.86.